The Hall–Kier alpha value is -3.42. The van der Waals surface area contributed by atoms with Crippen molar-refractivity contribution < 1.29 is 24.6 Å². The molecule has 0 spiro atoms. The molecule has 210 valence electrons. The Kier molecular flexibility index (Phi) is 7.54. The molecule has 1 aromatic carbocycles. The summed E-state index contributed by atoms with van der Waals surface area (Å²) in [6.07, 6.45) is 3.77. The van der Waals surface area contributed by atoms with E-state index in [9.17, 15) is 19.5 Å². The Morgan fingerprint density at radius 3 is 2.15 bits per heavy atom. The molecule has 1 aromatic rings. The molecule has 8 nitrogen and oxygen atoms in total. The summed E-state index contributed by atoms with van der Waals surface area (Å²) in [4.78, 5) is 42.6. The van der Waals surface area contributed by atoms with Gasteiger partial charge in [0.25, 0.3) is 0 Å². The summed E-state index contributed by atoms with van der Waals surface area (Å²) in [5, 5.41) is 19.1. The highest BCUT2D eigenvalue weighted by Gasteiger charge is 2.52. The lowest BCUT2D eigenvalue weighted by atomic mass is 9.75. The standard InChI is InChI=1S/C31H42N4O4/c1-9-34(10-2)19-15-16-20(21(17-19)32-28(38)18-13-11-12-14-18)22-25(36)23(26(22)37)24-27(30(3,4)5)33-35(29(24)39)31(6,7)8/h15-18,36H,9-14H2,1-8H3,(H,32,38)/p+1/b24-23+. The Bertz CT molecular complexity index is 1300. The number of carbonyl (C=O) groups excluding carboxylic acids is 3. The summed E-state index contributed by atoms with van der Waals surface area (Å²) in [5.74, 6) is -1.07. The van der Waals surface area contributed by atoms with Crippen molar-refractivity contribution in [2.24, 2.45) is 11.3 Å². The number of rotatable bonds is 6. The summed E-state index contributed by atoms with van der Waals surface area (Å²) < 4.78 is 0. The smallest absolute Gasteiger partial charge is 0.315 e. The molecule has 1 aliphatic heterocycles. The van der Waals surface area contributed by atoms with E-state index < -0.39 is 16.7 Å². The number of hydrazine groups is 1. The molecule has 3 N–H and O–H groups in total. The number of hydrogen-bond acceptors (Lipinski definition) is 5. The van der Waals surface area contributed by atoms with Gasteiger partial charge < -0.3 is 15.3 Å². The fourth-order valence-corrected chi connectivity index (χ4v) is 5.63. The van der Waals surface area contributed by atoms with Gasteiger partial charge in [-0.2, -0.15) is 0 Å². The van der Waals surface area contributed by atoms with Crippen molar-refractivity contribution in [2.75, 3.05) is 23.3 Å². The maximum atomic E-state index is 13.7. The van der Waals surface area contributed by atoms with E-state index in [4.69, 9.17) is 0 Å². The van der Waals surface area contributed by atoms with E-state index >= 15 is 0 Å². The molecule has 4 rings (SSSR count). The zero-order valence-electron chi connectivity index (χ0n) is 24.6. The number of carbonyl (C=O) groups is 3. The van der Waals surface area contributed by atoms with E-state index in [1.54, 1.807) is 6.07 Å². The van der Waals surface area contributed by atoms with Crippen LogP contribution in [0.15, 0.2) is 35.1 Å². The van der Waals surface area contributed by atoms with Crippen molar-refractivity contribution in [3.63, 3.8) is 0 Å². The number of nitrogens with zero attached hydrogens (tertiary/aromatic N) is 2. The van der Waals surface area contributed by atoms with Crippen LogP contribution in [0.5, 0.6) is 0 Å². The number of benzene rings is 1. The molecule has 2 amide bonds. The van der Waals surface area contributed by atoms with Crippen LogP contribution >= 0.6 is 0 Å². The van der Waals surface area contributed by atoms with E-state index in [2.05, 4.69) is 29.2 Å². The molecule has 1 heterocycles. The summed E-state index contributed by atoms with van der Waals surface area (Å²) in [7, 11) is 0. The highest BCUT2D eigenvalue weighted by atomic mass is 16.3. The van der Waals surface area contributed by atoms with Gasteiger partial charge in [0.1, 0.15) is 11.3 Å². The molecule has 3 aliphatic rings. The average molecular weight is 536 g/mol. The van der Waals surface area contributed by atoms with E-state index in [-0.39, 0.29) is 40.2 Å². The van der Waals surface area contributed by atoms with Crippen LogP contribution in [0.1, 0.15) is 86.6 Å². The highest BCUT2D eigenvalue weighted by Crippen LogP contribution is 2.43. The zero-order valence-corrected chi connectivity index (χ0v) is 24.6. The molecule has 0 bridgehead atoms. The first-order chi connectivity index (χ1) is 18.2. The molecule has 0 atom stereocenters. The topological polar surface area (TPSA) is 104 Å². The summed E-state index contributed by atoms with van der Waals surface area (Å²) in [5.41, 5.74) is 1.84. The lowest BCUT2D eigenvalue weighted by molar-refractivity contribution is -0.636. The third-order valence-electron chi connectivity index (χ3n) is 7.87. The molecule has 0 saturated heterocycles. The normalized spacial score (nSPS) is 20.5. The van der Waals surface area contributed by atoms with Gasteiger partial charge in [0, 0.05) is 35.7 Å². The van der Waals surface area contributed by atoms with Gasteiger partial charge in [0.05, 0.1) is 22.4 Å². The van der Waals surface area contributed by atoms with Crippen LogP contribution < -0.4 is 15.3 Å². The Labute approximate surface area is 231 Å². The van der Waals surface area contributed by atoms with E-state index in [1.807, 2.05) is 53.7 Å². The minimum atomic E-state index is -0.539. The third kappa shape index (κ3) is 5.13. The third-order valence-corrected chi connectivity index (χ3v) is 7.87. The minimum Gasteiger partial charge on any atom is -0.506 e. The predicted molar refractivity (Wildman–Crippen MR) is 154 cm³/mol. The molecule has 0 radical (unpaired) electrons. The molecule has 2 aliphatic carbocycles. The fourth-order valence-electron chi connectivity index (χ4n) is 5.63. The summed E-state index contributed by atoms with van der Waals surface area (Å²) in [6, 6.07) is 5.57. The summed E-state index contributed by atoms with van der Waals surface area (Å²) >= 11 is 0. The molecular formula is C31H43N4O4+. The average Bonchev–Trinajstić information content (AvgIpc) is 3.50. The van der Waals surface area contributed by atoms with Gasteiger partial charge in [-0.15, -0.1) is 10.1 Å². The first-order valence-corrected chi connectivity index (χ1v) is 14.1. The van der Waals surface area contributed by atoms with Crippen molar-refractivity contribution in [2.45, 2.75) is 86.6 Å². The van der Waals surface area contributed by atoms with Gasteiger partial charge >= 0.3 is 5.91 Å². The molecule has 1 saturated carbocycles. The zero-order chi connectivity index (χ0) is 28.9. The number of ketones is 1. The number of amides is 2. The SMILES string of the molecule is CCN(CC)c1ccc(C2=C(O)/C(=C3\C(=O)N(C(C)(C)C)[NH+]=C3C(C)(C)C)C2=O)c(NC(=O)C2CCCC2)c1. The predicted octanol–water partition coefficient (Wildman–Crippen LogP) is 3.93. The minimum absolute atomic E-state index is 0.0278. The number of aliphatic hydroxyl groups excluding tert-OH is 1. The van der Waals surface area contributed by atoms with Crippen LogP contribution in [0.2, 0.25) is 0 Å². The highest BCUT2D eigenvalue weighted by molar-refractivity contribution is 6.44. The number of hydrogen-bond donors (Lipinski definition) is 3. The first-order valence-electron chi connectivity index (χ1n) is 14.1. The molecule has 39 heavy (non-hydrogen) atoms. The maximum Gasteiger partial charge on any atom is 0.315 e. The number of Topliss-reactive ketones (excluding diaryl/α,β-unsaturated/α-hetero) is 1. The van der Waals surface area contributed by atoms with Crippen LogP contribution in [0, 0.1) is 11.3 Å². The number of aliphatic hydroxyl groups is 1. The van der Waals surface area contributed by atoms with Crippen molar-refractivity contribution in [3.8, 4) is 0 Å². The second-order valence-electron chi connectivity index (χ2n) is 12.7. The molecular weight excluding hydrogens is 492 g/mol. The Morgan fingerprint density at radius 1 is 1.03 bits per heavy atom. The molecule has 8 heteroatoms. The van der Waals surface area contributed by atoms with Gasteiger partial charge in [-0.3, -0.25) is 14.4 Å². The van der Waals surface area contributed by atoms with Gasteiger partial charge in [0.2, 0.25) is 17.4 Å². The number of allylic oxidation sites excluding steroid dienone is 2. The van der Waals surface area contributed by atoms with Crippen molar-refractivity contribution in [3.05, 3.63) is 40.7 Å². The quantitative estimate of drug-likeness (QED) is 0.479. The van der Waals surface area contributed by atoms with E-state index in [1.165, 1.54) is 5.01 Å². The van der Waals surface area contributed by atoms with Gasteiger partial charge in [-0.25, -0.2) is 0 Å². The van der Waals surface area contributed by atoms with Crippen LogP contribution in [-0.2, 0) is 14.4 Å². The first kappa shape index (κ1) is 28.6. The maximum absolute atomic E-state index is 13.7. The van der Waals surface area contributed by atoms with Crippen molar-refractivity contribution in [1.29, 1.82) is 0 Å². The van der Waals surface area contributed by atoms with E-state index in [0.29, 0.717) is 17.0 Å². The second-order valence-corrected chi connectivity index (χ2v) is 12.7. The fraction of sp³-hybridized carbons (Fsp3) is 0.548. The van der Waals surface area contributed by atoms with Gasteiger partial charge in [-0.1, -0.05) is 33.6 Å². The Balaban J connectivity index is 1.83. The summed E-state index contributed by atoms with van der Waals surface area (Å²) in [6.45, 7) is 17.3. The van der Waals surface area contributed by atoms with Crippen molar-refractivity contribution >= 4 is 40.3 Å². The monoisotopic (exact) mass is 535 g/mol. The number of anilines is 2. The van der Waals surface area contributed by atoms with Crippen LogP contribution in [0.4, 0.5) is 11.4 Å². The lowest BCUT2D eigenvalue weighted by Gasteiger charge is -2.28. The molecule has 0 unspecified atom stereocenters. The lowest BCUT2D eigenvalue weighted by Crippen LogP contribution is -2.86. The largest absolute Gasteiger partial charge is 0.506 e. The van der Waals surface area contributed by atoms with Gasteiger partial charge in [-0.05, 0) is 65.7 Å². The molecule has 0 aromatic heterocycles. The Morgan fingerprint density at radius 2 is 1.64 bits per heavy atom. The van der Waals surface area contributed by atoms with Crippen LogP contribution in [0.25, 0.3) is 5.57 Å². The van der Waals surface area contributed by atoms with Gasteiger partial charge in [0.15, 0.2) is 0 Å². The second kappa shape index (κ2) is 10.3. The van der Waals surface area contributed by atoms with Crippen LogP contribution in [-0.4, -0.2) is 52.1 Å². The van der Waals surface area contributed by atoms with Crippen molar-refractivity contribution in [1.82, 2.24) is 5.01 Å². The van der Waals surface area contributed by atoms with E-state index in [0.717, 1.165) is 44.5 Å². The molecule has 1 fully saturated rings. The number of nitrogens with one attached hydrogen (secondary N) is 2. The van der Waals surface area contributed by atoms with Crippen LogP contribution in [0.3, 0.4) is 0 Å². The number of hydrazone groups is 1.